The fourth-order valence-electron chi connectivity index (χ4n) is 0.920. The maximum absolute atomic E-state index is 10.1. The van der Waals surface area contributed by atoms with Crippen molar-refractivity contribution in [1.29, 1.82) is 5.26 Å². The maximum atomic E-state index is 10.1. The van der Waals surface area contributed by atoms with Crippen molar-refractivity contribution in [1.82, 2.24) is 0 Å². The molecule has 0 fully saturated rings. The van der Waals surface area contributed by atoms with Crippen molar-refractivity contribution in [3.8, 4) is 6.07 Å². The van der Waals surface area contributed by atoms with Crippen LogP contribution in [0.25, 0.3) is 0 Å². The quantitative estimate of drug-likeness (QED) is 0.658. The van der Waals surface area contributed by atoms with Crippen LogP contribution in [0.3, 0.4) is 0 Å². The molecular weight excluding hydrogens is 142 g/mol. The lowest BCUT2D eigenvalue weighted by molar-refractivity contribution is -0.137. The van der Waals surface area contributed by atoms with Crippen LogP contribution in [0.15, 0.2) is 0 Å². The van der Waals surface area contributed by atoms with Crippen LogP contribution in [0.2, 0.25) is 0 Å². The molecule has 0 bridgehead atoms. The van der Waals surface area contributed by atoms with Crippen molar-refractivity contribution < 1.29 is 9.90 Å². The molecule has 0 amide bonds. The van der Waals surface area contributed by atoms with Crippen LogP contribution in [0, 0.1) is 17.2 Å². The first-order valence-electron chi connectivity index (χ1n) is 3.82. The number of hydrogen-bond acceptors (Lipinski definition) is 2. The number of rotatable bonds is 5. The third-order valence-electron chi connectivity index (χ3n) is 1.53. The standard InChI is InChI=1S/C8H13NO2/c1-2-3-7(6-9)4-5-8(10)11/h7H,2-5H2,1H3,(H,10,11)/t7-/m1/s1. The van der Waals surface area contributed by atoms with E-state index >= 15 is 0 Å². The summed E-state index contributed by atoms with van der Waals surface area (Å²) in [4.78, 5) is 10.1. The van der Waals surface area contributed by atoms with Gasteiger partial charge in [0.15, 0.2) is 0 Å². The first-order valence-corrected chi connectivity index (χ1v) is 3.82. The number of nitriles is 1. The van der Waals surface area contributed by atoms with Crippen molar-refractivity contribution in [2.45, 2.75) is 32.6 Å². The van der Waals surface area contributed by atoms with Gasteiger partial charge < -0.3 is 5.11 Å². The Morgan fingerprint density at radius 3 is 2.64 bits per heavy atom. The van der Waals surface area contributed by atoms with Crippen LogP contribution in [-0.2, 0) is 4.79 Å². The summed E-state index contributed by atoms with van der Waals surface area (Å²) in [6.45, 7) is 1.99. The summed E-state index contributed by atoms with van der Waals surface area (Å²) in [5.41, 5.74) is 0. The van der Waals surface area contributed by atoms with E-state index in [4.69, 9.17) is 10.4 Å². The molecule has 0 aliphatic heterocycles. The topological polar surface area (TPSA) is 61.1 Å². The van der Waals surface area contributed by atoms with Gasteiger partial charge in [-0.1, -0.05) is 13.3 Å². The molecule has 0 saturated carbocycles. The minimum absolute atomic E-state index is 0.0731. The van der Waals surface area contributed by atoms with Crippen molar-refractivity contribution in [3.63, 3.8) is 0 Å². The molecule has 1 N–H and O–H groups in total. The van der Waals surface area contributed by atoms with E-state index in [9.17, 15) is 4.79 Å². The first-order chi connectivity index (χ1) is 5.20. The molecule has 11 heavy (non-hydrogen) atoms. The number of nitrogens with zero attached hydrogens (tertiary/aromatic N) is 1. The van der Waals surface area contributed by atoms with E-state index < -0.39 is 5.97 Å². The Labute approximate surface area is 66.6 Å². The van der Waals surface area contributed by atoms with Gasteiger partial charge >= 0.3 is 5.97 Å². The van der Waals surface area contributed by atoms with Crippen molar-refractivity contribution in [2.75, 3.05) is 0 Å². The van der Waals surface area contributed by atoms with Gasteiger partial charge in [-0.3, -0.25) is 4.79 Å². The molecule has 0 unspecified atom stereocenters. The van der Waals surface area contributed by atoms with Crippen LogP contribution in [-0.4, -0.2) is 11.1 Å². The molecule has 0 aromatic heterocycles. The number of carboxylic acids is 1. The average Bonchev–Trinajstić information content (AvgIpc) is 1.97. The zero-order valence-corrected chi connectivity index (χ0v) is 6.71. The van der Waals surface area contributed by atoms with Gasteiger partial charge in [-0.2, -0.15) is 5.26 Å². The molecule has 3 nitrogen and oxygen atoms in total. The predicted octanol–water partition coefficient (Wildman–Crippen LogP) is 1.79. The SMILES string of the molecule is CCC[C@@H](C#N)CCC(=O)O. The molecule has 0 aromatic carbocycles. The monoisotopic (exact) mass is 155 g/mol. The molecule has 0 aliphatic carbocycles. The van der Waals surface area contributed by atoms with Crippen LogP contribution in [0.5, 0.6) is 0 Å². The minimum atomic E-state index is -0.818. The van der Waals surface area contributed by atoms with E-state index in [1.807, 2.05) is 6.92 Å². The first kappa shape index (κ1) is 9.96. The Bertz CT molecular complexity index is 160. The van der Waals surface area contributed by atoms with Gasteiger partial charge in [0, 0.05) is 12.3 Å². The second kappa shape index (κ2) is 5.72. The Balaban J connectivity index is 3.54. The lowest BCUT2D eigenvalue weighted by Gasteiger charge is -2.03. The lowest BCUT2D eigenvalue weighted by atomic mass is 10.00. The van der Waals surface area contributed by atoms with E-state index in [1.165, 1.54) is 0 Å². The zero-order chi connectivity index (χ0) is 8.69. The second-order valence-electron chi connectivity index (χ2n) is 2.55. The lowest BCUT2D eigenvalue weighted by Crippen LogP contribution is -2.01. The highest BCUT2D eigenvalue weighted by Gasteiger charge is 2.07. The van der Waals surface area contributed by atoms with E-state index in [0.717, 1.165) is 12.8 Å². The van der Waals surface area contributed by atoms with Crippen LogP contribution in [0.4, 0.5) is 0 Å². The Hall–Kier alpha value is -1.04. The highest BCUT2D eigenvalue weighted by atomic mass is 16.4. The van der Waals surface area contributed by atoms with E-state index in [2.05, 4.69) is 6.07 Å². The van der Waals surface area contributed by atoms with Gasteiger partial charge in [-0.15, -0.1) is 0 Å². The van der Waals surface area contributed by atoms with Gasteiger partial charge in [-0.05, 0) is 12.8 Å². The Morgan fingerprint density at radius 2 is 2.27 bits per heavy atom. The molecular formula is C8H13NO2. The van der Waals surface area contributed by atoms with Crippen molar-refractivity contribution >= 4 is 5.97 Å². The molecule has 0 saturated heterocycles. The van der Waals surface area contributed by atoms with Crippen LogP contribution in [0.1, 0.15) is 32.6 Å². The largest absolute Gasteiger partial charge is 0.481 e. The van der Waals surface area contributed by atoms with Gasteiger partial charge in [0.1, 0.15) is 0 Å². The fraction of sp³-hybridized carbons (Fsp3) is 0.750. The summed E-state index contributed by atoms with van der Waals surface area (Å²) >= 11 is 0. The normalized spacial score (nSPS) is 12.0. The Morgan fingerprint density at radius 1 is 1.64 bits per heavy atom. The molecule has 0 radical (unpaired) electrons. The molecule has 0 aliphatic rings. The summed E-state index contributed by atoms with van der Waals surface area (Å²) in [6.07, 6.45) is 2.35. The van der Waals surface area contributed by atoms with Crippen molar-refractivity contribution in [2.24, 2.45) is 5.92 Å². The predicted molar refractivity (Wildman–Crippen MR) is 40.9 cm³/mol. The van der Waals surface area contributed by atoms with E-state index in [0.29, 0.717) is 6.42 Å². The zero-order valence-electron chi connectivity index (χ0n) is 6.71. The summed E-state index contributed by atoms with van der Waals surface area (Å²) in [7, 11) is 0. The van der Waals surface area contributed by atoms with E-state index in [1.54, 1.807) is 0 Å². The summed E-state index contributed by atoms with van der Waals surface area (Å²) in [5.74, 6) is -0.891. The third kappa shape index (κ3) is 5.41. The smallest absolute Gasteiger partial charge is 0.303 e. The van der Waals surface area contributed by atoms with Crippen molar-refractivity contribution in [3.05, 3.63) is 0 Å². The van der Waals surface area contributed by atoms with Crippen LogP contribution >= 0.6 is 0 Å². The molecule has 0 spiro atoms. The van der Waals surface area contributed by atoms with Crippen LogP contribution < -0.4 is 0 Å². The summed E-state index contributed by atoms with van der Waals surface area (Å²) < 4.78 is 0. The number of carbonyl (C=O) groups is 1. The molecule has 0 aromatic rings. The minimum Gasteiger partial charge on any atom is -0.481 e. The highest BCUT2D eigenvalue weighted by molar-refractivity contribution is 5.66. The van der Waals surface area contributed by atoms with E-state index in [-0.39, 0.29) is 12.3 Å². The molecule has 62 valence electrons. The van der Waals surface area contributed by atoms with Gasteiger partial charge in [-0.25, -0.2) is 0 Å². The molecule has 3 heteroatoms. The summed E-state index contributed by atoms with van der Waals surface area (Å²) in [5, 5.41) is 16.8. The number of aliphatic carboxylic acids is 1. The van der Waals surface area contributed by atoms with Gasteiger partial charge in [0.05, 0.1) is 6.07 Å². The van der Waals surface area contributed by atoms with Gasteiger partial charge in [0.25, 0.3) is 0 Å². The molecule has 1 atom stereocenters. The maximum Gasteiger partial charge on any atom is 0.303 e. The molecule has 0 rings (SSSR count). The molecule has 0 heterocycles. The average molecular weight is 155 g/mol. The Kier molecular flexibility index (Phi) is 5.18. The summed E-state index contributed by atoms with van der Waals surface area (Å²) in [6, 6.07) is 2.10. The number of carboxylic acid groups (broad SMARTS) is 1. The number of hydrogen-bond donors (Lipinski definition) is 1. The third-order valence-corrected chi connectivity index (χ3v) is 1.53. The highest BCUT2D eigenvalue weighted by Crippen LogP contribution is 2.11. The van der Waals surface area contributed by atoms with Gasteiger partial charge in [0.2, 0.25) is 0 Å². The fourth-order valence-corrected chi connectivity index (χ4v) is 0.920. The second-order valence-corrected chi connectivity index (χ2v) is 2.55.